The Kier molecular flexibility index (Phi) is 8.25. The second-order valence-corrected chi connectivity index (χ2v) is 11.3. The van der Waals surface area contributed by atoms with Crippen LogP contribution in [0.2, 0.25) is 0 Å². The fourth-order valence-corrected chi connectivity index (χ4v) is 5.92. The van der Waals surface area contributed by atoms with Crippen molar-refractivity contribution in [1.82, 2.24) is 30.4 Å². The molecule has 2 aliphatic heterocycles. The minimum Gasteiger partial charge on any atom is -0.457 e. The molecule has 2 aromatic heterocycles. The summed E-state index contributed by atoms with van der Waals surface area (Å²) >= 11 is 6.49. The van der Waals surface area contributed by atoms with Crippen LogP contribution in [0.3, 0.4) is 0 Å². The van der Waals surface area contributed by atoms with Gasteiger partial charge in [-0.1, -0.05) is 29.2 Å². The highest BCUT2D eigenvalue weighted by atomic mass is 32.2. The smallest absolute Gasteiger partial charge is 0.416 e. The Labute approximate surface area is 239 Å². The SMILES string of the molecule is O=C1C(=Cc2ccc(-c3cc(C(F)(F)F)cc(C(F)(F)F)c3)o2)SC(=S)N1CC1CCN(CCc2nn[nH]n2)CC1. The number of hydrogen-bond acceptors (Lipinski definition) is 8. The van der Waals surface area contributed by atoms with Crippen LogP contribution in [0.4, 0.5) is 26.3 Å². The van der Waals surface area contributed by atoms with Crippen molar-refractivity contribution in [2.75, 3.05) is 26.2 Å². The van der Waals surface area contributed by atoms with Gasteiger partial charge in [-0.3, -0.25) is 9.69 Å². The molecule has 3 aromatic rings. The predicted molar refractivity (Wildman–Crippen MR) is 141 cm³/mol. The topological polar surface area (TPSA) is 91.2 Å². The number of carbonyl (C=O) groups is 1. The number of aromatic nitrogens is 4. The number of thioether (sulfide) groups is 1. The van der Waals surface area contributed by atoms with E-state index in [1.54, 1.807) is 0 Å². The molecule has 0 saturated carbocycles. The molecule has 2 saturated heterocycles. The van der Waals surface area contributed by atoms with E-state index in [0.29, 0.717) is 35.2 Å². The number of hydrogen-bond donors (Lipinski definition) is 1. The highest BCUT2D eigenvalue weighted by Crippen LogP contribution is 2.40. The van der Waals surface area contributed by atoms with Crippen LogP contribution in [0.1, 0.15) is 35.6 Å². The Balaban J connectivity index is 1.23. The maximum atomic E-state index is 13.2. The maximum Gasteiger partial charge on any atom is 0.416 e. The number of nitrogens with zero attached hydrogens (tertiary/aromatic N) is 5. The van der Waals surface area contributed by atoms with Crippen molar-refractivity contribution in [3.8, 4) is 11.3 Å². The summed E-state index contributed by atoms with van der Waals surface area (Å²) < 4.78 is 85.4. The predicted octanol–water partition coefficient (Wildman–Crippen LogP) is 5.65. The molecule has 1 aromatic carbocycles. The van der Waals surface area contributed by atoms with Crippen LogP contribution < -0.4 is 0 Å². The average Bonchev–Trinajstić information content (AvgIpc) is 3.66. The molecule has 0 bridgehead atoms. The van der Waals surface area contributed by atoms with E-state index in [2.05, 4.69) is 25.5 Å². The van der Waals surface area contributed by atoms with Gasteiger partial charge < -0.3 is 9.32 Å². The van der Waals surface area contributed by atoms with Gasteiger partial charge in [0.15, 0.2) is 5.82 Å². The number of rotatable bonds is 7. The molecule has 1 N–H and O–H groups in total. The average molecular weight is 617 g/mol. The number of likely N-dealkylation sites (tertiary alicyclic amines) is 1. The lowest BCUT2D eigenvalue weighted by atomic mass is 9.96. The molecule has 218 valence electrons. The molecule has 0 radical (unpaired) electrons. The van der Waals surface area contributed by atoms with Crippen LogP contribution in [0.15, 0.2) is 39.7 Å². The van der Waals surface area contributed by atoms with Gasteiger partial charge in [-0.05, 0) is 62.2 Å². The summed E-state index contributed by atoms with van der Waals surface area (Å²) in [7, 11) is 0. The Morgan fingerprint density at radius 3 is 2.37 bits per heavy atom. The van der Waals surface area contributed by atoms with Gasteiger partial charge in [0.25, 0.3) is 5.91 Å². The molecule has 8 nitrogen and oxygen atoms in total. The second kappa shape index (κ2) is 11.6. The van der Waals surface area contributed by atoms with E-state index < -0.39 is 23.5 Å². The monoisotopic (exact) mass is 616 g/mol. The van der Waals surface area contributed by atoms with E-state index in [-0.39, 0.29) is 39.9 Å². The fourth-order valence-electron chi connectivity index (χ4n) is 4.67. The zero-order valence-electron chi connectivity index (χ0n) is 21.1. The number of benzene rings is 1. The standard InChI is InChI=1S/C25H22F6N6O2S2/c26-24(27,28)16-9-15(10-17(11-16)25(29,30)31)19-2-1-18(39-19)12-20-22(38)37(23(40)41-20)13-14-3-6-36(7-4-14)8-5-21-32-34-35-33-21/h1-2,9-12,14H,3-8,13H2,(H,32,33,34,35). The molecule has 2 fully saturated rings. The number of alkyl halides is 6. The van der Waals surface area contributed by atoms with Crippen molar-refractivity contribution in [3.05, 3.63) is 57.9 Å². The lowest BCUT2D eigenvalue weighted by molar-refractivity contribution is -0.143. The van der Waals surface area contributed by atoms with E-state index in [1.165, 1.54) is 23.1 Å². The Hall–Kier alpha value is -3.24. The van der Waals surface area contributed by atoms with E-state index >= 15 is 0 Å². The first-order valence-corrected chi connectivity index (χ1v) is 13.7. The van der Waals surface area contributed by atoms with Crippen molar-refractivity contribution in [2.45, 2.75) is 31.6 Å². The summed E-state index contributed by atoms with van der Waals surface area (Å²) in [6.07, 6.45) is -6.13. The van der Waals surface area contributed by atoms with Crippen LogP contribution in [0, 0.1) is 5.92 Å². The summed E-state index contributed by atoms with van der Waals surface area (Å²) in [6.45, 7) is 2.97. The molecule has 1 amide bonds. The van der Waals surface area contributed by atoms with Crippen LogP contribution in [-0.4, -0.2) is 66.8 Å². The molecule has 4 heterocycles. The third kappa shape index (κ3) is 6.98. The number of thiocarbonyl (C=S) groups is 1. The van der Waals surface area contributed by atoms with Crippen LogP contribution in [0.25, 0.3) is 17.4 Å². The van der Waals surface area contributed by atoms with Gasteiger partial charge in [-0.25, -0.2) is 0 Å². The normalized spacial score (nSPS) is 18.7. The van der Waals surface area contributed by atoms with E-state index in [1.807, 2.05) is 0 Å². The fraction of sp³-hybridized carbons (Fsp3) is 0.400. The number of H-pyrrole nitrogens is 1. The lowest BCUT2D eigenvalue weighted by Gasteiger charge is -2.33. The number of aromatic amines is 1. The van der Waals surface area contributed by atoms with Gasteiger partial charge >= 0.3 is 12.4 Å². The Morgan fingerprint density at radius 1 is 1.07 bits per heavy atom. The van der Waals surface area contributed by atoms with Gasteiger partial charge in [-0.2, -0.15) is 31.6 Å². The van der Waals surface area contributed by atoms with Crippen molar-refractivity contribution in [2.24, 2.45) is 5.92 Å². The van der Waals surface area contributed by atoms with Crippen molar-refractivity contribution >= 4 is 40.3 Å². The molecule has 41 heavy (non-hydrogen) atoms. The van der Waals surface area contributed by atoms with Crippen molar-refractivity contribution < 1.29 is 35.6 Å². The van der Waals surface area contributed by atoms with Gasteiger partial charge in [0.1, 0.15) is 15.8 Å². The zero-order valence-corrected chi connectivity index (χ0v) is 22.8. The number of tetrazole rings is 1. The molecular weight excluding hydrogens is 594 g/mol. The molecule has 0 atom stereocenters. The number of furan rings is 1. The van der Waals surface area contributed by atoms with E-state index in [0.717, 1.165) is 44.2 Å². The summed E-state index contributed by atoms with van der Waals surface area (Å²) in [5.74, 6) is 0.477. The van der Waals surface area contributed by atoms with Crippen molar-refractivity contribution in [3.63, 3.8) is 0 Å². The number of amides is 1. The Morgan fingerprint density at radius 2 is 1.76 bits per heavy atom. The quantitative estimate of drug-likeness (QED) is 0.207. The summed E-state index contributed by atoms with van der Waals surface area (Å²) in [5.41, 5.74) is -3.28. The molecule has 0 aliphatic carbocycles. The van der Waals surface area contributed by atoms with Crippen LogP contribution in [-0.2, 0) is 23.6 Å². The first kappa shape index (κ1) is 29.3. The number of halogens is 6. The first-order valence-electron chi connectivity index (χ1n) is 12.5. The molecule has 16 heteroatoms. The molecule has 0 unspecified atom stereocenters. The molecule has 2 aliphatic rings. The number of nitrogens with one attached hydrogen (secondary N) is 1. The molecule has 5 rings (SSSR count). The zero-order chi connectivity index (χ0) is 29.4. The maximum absolute atomic E-state index is 13.2. The van der Waals surface area contributed by atoms with Gasteiger partial charge in [0.05, 0.1) is 16.0 Å². The van der Waals surface area contributed by atoms with Gasteiger partial charge in [0.2, 0.25) is 0 Å². The highest BCUT2D eigenvalue weighted by Gasteiger charge is 2.38. The third-order valence-corrected chi connectivity index (χ3v) is 8.21. The van der Waals surface area contributed by atoms with Gasteiger partial charge in [0, 0.05) is 31.1 Å². The molecule has 0 spiro atoms. The highest BCUT2D eigenvalue weighted by molar-refractivity contribution is 8.26. The number of carbonyl (C=O) groups excluding carboxylic acids is 1. The summed E-state index contributed by atoms with van der Waals surface area (Å²) in [6, 6.07) is 3.87. The minimum atomic E-state index is -4.98. The third-order valence-electron chi connectivity index (χ3n) is 6.83. The summed E-state index contributed by atoms with van der Waals surface area (Å²) in [4.78, 5) is 17.2. The van der Waals surface area contributed by atoms with Crippen molar-refractivity contribution in [1.29, 1.82) is 0 Å². The summed E-state index contributed by atoms with van der Waals surface area (Å²) in [5, 5.41) is 13.9. The number of piperidine rings is 1. The molecular formula is C25H22F6N6O2S2. The van der Waals surface area contributed by atoms with Crippen LogP contribution in [0.5, 0.6) is 0 Å². The largest absolute Gasteiger partial charge is 0.457 e. The van der Waals surface area contributed by atoms with Gasteiger partial charge in [-0.15, -0.1) is 10.2 Å². The lowest BCUT2D eigenvalue weighted by Crippen LogP contribution is -2.40. The second-order valence-electron chi connectivity index (χ2n) is 9.65. The minimum absolute atomic E-state index is 0.0544. The Bertz CT molecular complexity index is 1410. The van der Waals surface area contributed by atoms with Crippen LogP contribution >= 0.6 is 24.0 Å². The first-order chi connectivity index (χ1) is 19.4. The van der Waals surface area contributed by atoms with E-state index in [9.17, 15) is 31.1 Å². The van der Waals surface area contributed by atoms with E-state index in [4.69, 9.17) is 16.6 Å².